The molecule has 1 unspecified atom stereocenters. The van der Waals surface area contributed by atoms with Gasteiger partial charge in [0, 0.05) is 13.3 Å². The minimum Gasteiger partial charge on any atom is -0.378 e. The van der Waals surface area contributed by atoms with Crippen LogP contribution in [0.2, 0.25) is 0 Å². The Morgan fingerprint density at radius 2 is 1.85 bits per heavy atom. The van der Waals surface area contributed by atoms with Crippen LogP contribution in [0, 0.1) is 0 Å². The Labute approximate surface area is 120 Å². The molecule has 0 aromatic carbocycles. The predicted molar refractivity (Wildman–Crippen MR) is 74.6 cm³/mol. The van der Waals surface area contributed by atoms with Gasteiger partial charge in [-0.2, -0.15) is 0 Å². The van der Waals surface area contributed by atoms with Crippen molar-refractivity contribution in [1.82, 2.24) is 0 Å². The van der Waals surface area contributed by atoms with Crippen LogP contribution < -0.4 is 0 Å². The summed E-state index contributed by atoms with van der Waals surface area (Å²) in [4.78, 5) is 0. The molecule has 4 atom stereocenters. The predicted octanol–water partition coefficient (Wildman–Crippen LogP) is 1.52. The molecule has 2 aliphatic rings. The monoisotopic (exact) mass is 308 g/mol. The van der Waals surface area contributed by atoms with Crippen molar-refractivity contribution in [3.05, 3.63) is 0 Å². The normalized spacial score (nSPS) is 36.2. The molecule has 6 nitrogen and oxygen atoms in total. The van der Waals surface area contributed by atoms with Gasteiger partial charge in [0.2, 0.25) is 0 Å². The van der Waals surface area contributed by atoms with Crippen LogP contribution in [-0.2, 0) is 28.2 Å². The highest BCUT2D eigenvalue weighted by atomic mass is 31.2. The maximum Gasteiger partial charge on any atom is 0.186 e. The molecule has 0 radical (unpaired) electrons. The van der Waals surface area contributed by atoms with Crippen LogP contribution in [0.4, 0.5) is 0 Å². The molecular formula is C13H25O6P. The van der Waals surface area contributed by atoms with Crippen LogP contribution in [0.15, 0.2) is 0 Å². The average molecular weight is 308 g/mol. The lowest BCUT2D eigenvalue weighted by Crippen LogP contribution is -2.33. The van der Waals surface area contributed by atoms with E-state index in [0.29, 0.717) is 19.4 Å². The SMILES string of the molecule is COC1O[C@H](COCCP(C)(C)=O)[C@H]2OC(C)(C)O[C@@H]12. The van der Waals surface area contributed by atoms with E-state index in [1.54, 1.807) is 20.4 Å². The van der Waals surface area contributed by atoms with Gasteiger partial charge in [0.25, 0.3) is 0 Å². The first kappa shape index (κ1) is 16.4. The molecule has 0 aromatic rings. The van der Waals surface area contributed by atoms with E-state index < -0.39 is 19.2 Å². The number of rotatable bonds is 6. The van der Waals surface area contributed by atoms with E-state index in [2.05, 4.69) is 0 Å². The topological polar surface area (TPSA) is 63.2 Å². The summed E-state index contributed by atoms with van der Waals surface area (Å²) in [6, 6.07) is 0. The summed E-state index contributed by atoms with van der Waals surface area (Å²) in [6.45, 7) is 8.12. The van der Waals surface area contributed by atoms with E-state index >= 15 is 0 Å². The number of ether oxygens (including phenoxy) is 5. The lowest BCUT2D eigenvalue weighted by atomic mass is 10.1. The molecule has 0 N–H and O–H groups in total. The first-order chi connectivity index (χ1) is 9.22. The van der Waals surface area contributed by atoms with E-state index in [1.165, 1.54) is 0 Å². The van der Waals surface area contributed by atoms with Crippen LogP contribution in [0.1, 0.15) is 13.8 Å². The van der Waals surface area contributed by atoms with Crippen molar-refractivity contribution < 1.29 is 28.2 Å². The van der Waals surface area contributed by atoms with Crippen LogP contribution in [0.5, 0.6) is 0 Å². The highest BCUT2D eigenvalue weighted by Crippen LogP contribution is 2.39. The standard InChI is InChI=1S/C13H25O6P/c1-13(2)18-10-9(8-16-6-7-20(4,5)14)17-12(15-3)11(10)19-13/h9-12H,6-8H2,1-5H3/t9-,10-,11-,12?/m1/s1. The summed E-state index contributed by atoms with van der Waals surface area (Å²) < 4.78 is 39.8. The smallest absolute Gasteiger partial charge is 0.186 e. The lowest BCUT2D eigenvalue weighted by molar-refractivity contribution is -0.231. The van der Waals surface area contributed by atoms with Crippen molar-refractivity contribution in [2.24, 2.45) is 0 Å². The summed E-state index contributed by atoms with van der Waals surface area (Å²) in [5, 5.41) is 0. The summed E-state index contributed by atoms with van der Waals surface area (Å²) in [5.41, 5.74) is 0. The van der Waals surface area contributed by atoms with Crippen LogP contribution >= 0.6 is 7.14 Å². The summed E-state index contributed by atoms with van der Waals surface area (Å²) in [6.07, 6.45) is -0.500. The number of fused-ring (bicyclic) bond motifs is 1. The largest absolute Gasteiger partial charge is 0.378 e. The Morgan fingerprint density at radius 1 is 1.20 bits per heavy atom. The highest BCUT2D eigenvalue weighted by molar-refractivity contribution is 7.62. The van der Waals surface area contributed by atoms with Gasteiger partial charge >= 0.3 is 0 Å². The zero-order valence-electron chi connectivity index (χ0n) is 12.8. The molecule has 2 aliphatic heterocycles. The summed E-state index contributed by atoms with van der Waals surface area (Å²) in [7, 11) is -0.447. The Hall–Kier alpha value is 0.0300. The number of hydrogen-bond donors (Lipinski definition) is 0. The second-order valence-corrected chi connectivity index (χ2v) is 9.81. The van der Waals surface area contributed by atoms with Crippen molar-refractivity contribution in [1.29, 1.82) is 0 Å². The first-order valence-electron chi connectivity index (χ1n) is 6.87. The Balaban J connectivity index is 1.84. The lowest BCUT2D eigenvalue weighted by Gasteiger charge is -2.23. The Morgan fingerprint density at radius 3 is 2.45 bits per heavy atom. The van der Waals surface area contributed by atoms with Gasteiger partial charge in [0.15, 0.2) is 12.1 Å². The maximum absolute atomic E-state index is 11.6. The average Bonchev–Trinajstić information content (AvgIpc) is 2.77. The third-order valence-electron chi connectivity index (χ3n) is 3.40. The Bertz CT molecular complexity index is 379. The molecule has 20 heavy (non-hydrogen) atoms. The summed E-state index contributed by atoms with van der Waals surface area (Å²) >= 11 is 0. The second kappa shape index (κ2) is 6.03. The maximum atomic E-state index is 11.6. The molecular weight excluding hydrogens is 283 g/mol. The molecule has 7 heteroatoms. The molecule has 2 saturated heterocycles. The van der Waals surface area contributed by atoms with Gasteiger partial charge in [-0.3, -0.25) is 0 Å². The molecule has 0 bridgehead atoms. The molecule has 118 valence electrons. The minimum absolute atomic E-state index is 0.190. The van der Waals surface area contributed by atoms with Gasteiger partial charge in [0.05, 0.1) is 20.4 Å². The van der Waals surface area contributed by atoms with E-state index in [0.717, 1.165) is 0 Å². The van der Waals surface area contributed by atoms with Gasteiger partial charge in [0.1, 0.15) is 18.3 Å². The molecule has 0 aromatic heterocycles. The van der Waals surface area contributed by atoms with Crippen molar-refractivity contribution in [2.75, 3.05) is 39.8 Å². The molecule has 2 rings (SSSR count). The first-order valence-corrected chi connectivity index (χ1v) is 9.66. The van der Waals surface area contributed by atoms with Crippen LogP contribution in [0.3, 0.4) is 0 Å². The van der Waals surface area contributed by atoms with Crippen molar-refractivity contribution in [3.8, 4) is 0 Å². The van der Waals surface area contributed by atoms with Crippen molar-refractivity contribution >= 4 is 7.14 Å². The van der Waals surface area contributed by atoms with Crippen molar-refractivity contribution in [3.63, 3.8) is 0 Å². The zero-order chi connectivity index (χ0) is 15.0. The van der Waals surface area contributed by atoms with E-state index in [4.69, 9.17) is 23.7 Å². The Kier molecular flexibility index (Phi) is 4.95. The van der Waals surface area contributed by atoms with E-state index in [1.807, 2.05) is 13.8 Å². The second-order valence-electron chi connectivity index (χ2n) is 6.22. The van der Waals surface area contributed by atoms with Crippen molar-refractivity contribution in [2.45, 2.75) is 44.2 Å². The van der Waals surface area contributed by atoms with Crippen LogP contribution in [0.25, 0.3) is 0 Å². The molecule has 2 heterocycles. The zero-order valence-corrected chi connectivity index (χ0v) is 13.7. The van der Waals surface area contributed by atoms with E-state index in [-0.39, 0.29) is 18.3 Å². The van der Waals surface area contributed by atoms with E-state index in [9.17, 15) is 4.57 Å². The fourth-order valence-electron chi connectivity index (χ4n) is 2.45. The molecule has 0 amide bonds. The number of methoxy groups -OCH3 is 1. The highest BCUT2D eigenvalue weighted by Gasteiger charge is 2.55. The van der Waals surface area contributed by atoms with Gasteiger partial charge in [-0.05, 0) is 27.2 Å². The van der Waals surface area contributed by atoms with Gasteiger partial charge < -0.3 is 28.2 Å². The van der Waals surface area contributed by atoms with Gasteiger partial charge in [-0.1, -0.05) is 0 Å². The molecule has 2 fully saturated rings. The molecule has 0 spiro atoms. The van der Waals surface area contributed by atoms with Gasteiger partial charge in [-0.15, -0.1) is 0 Å². The quantitative estimate of drug-likeness (QED) is 0.547. The third kappa shape index (κ3) is 4.03. The molecule has 0 aliphatic carbocycles. The summed E-state index contributed by atoms with van der Waals surface area (Å²) in [5.74, 6) is -0.628. The fourth-order valence-corrected chi connectivity index (χ4v) is 3.02. The third-order valence-corrected chi connectivity index (χ3v) is 4.66. The minimum atomic E-state index is -2.03. The van der Waals surface area contributed by atoms with Gasteiger partial charge in [-0.25, -0.2) is 0 Å². The van der Waals surface area contributed by atoms with Crippen LogP contribution in [-0.4, -0.2) is 70.2 Å². The molecule has 0 saturated carbocycles. The number of hydrogen-bond acceptors (Lipinski definition) is 6. The fraction of sp³-hybridized carbons (Fsp3) is 1.00.